The number of unbranched alkanes of at least 4 members (excludes halogenated alkanes) is 1. The number of H-pyrrole nitrogens is 1. The Morgan fingerprint density at radius 1 is 0.718 bits per heavy atom. The van der Waals surface area contributed by atoms with Gasteiger partial charge in [0.05, 0.1) is 6.54 Å². The van der Waals surface area contributed by atoms with Crippen LogP contribution in [0.3, 0.4) is 0 Å². The van der Waals surface area contributed by atoms with E-state index in [1.165, 1.54) is 11.0 Å². The molecule has 2 aliphatic rings. The number of hydrogen-bond acceptors (Lipinski definition) is 11. The number of aromatic nitrogens is 1. The molecule has 2 saturated heterocycles. The molecule has 0 spiro atoms. The third kappa shape index (κ3) is 15.8. The van der Waals surface area contributed by atoms with E-state index < -0.39 is 83.9 Å². The molecule has 0 bridgehead atoms. The Bertz CT molecular complexity index is 2930. The van der Waals surface area contributed by atoms with E-state index in [2.05, 4.69) is 43.5 Å². The topological polar surface area (TPSA) is 281 Å². The van der Waals surface area contributed by atoms with E-state index in [1.54, 1.807) is 79.0 Å². The van der Waals surface area contributed by atoms with Crippen molar-refractivity contribution in [2.45, 2.75) is 101 Å². The Hall–Kier alpha value is -8.55. The van der Waals surface area contributed by atoms with Gasteiger partial charge in [-0.2, -0.15) is 0 Å². The van der Waals surface area contributed by atoms with Crippen LogP contribution in [0.5, 0.6) is 5.75 Å². The second kappa shape index (κ2) is 28.5. The minimum Gasteiger partial charge on any atom is -0.489 e. The minimum atomic E-state index is -1.43. The van der Waals surface area contributed by atoms with E-state index in [1.807, 2.05) is 61.5 Å². The molecular formula is C59H70N10O9. The van der Waals surface area contributed by atoms with Gasteiger partial charge in [-0.1, -0.05) is 122 Å². The smallest absolute Gasteiger partial charge is 0.407 e. The number of allylic oxidation sites excluding steroid dienone is 4. The van der Waals surface area contributed by atoms with E-state index in [4.69, 9.17) is 20.9 Å². The lowest BCUT2D eigenvalue weighted by Gasteiger charge is -2.32. The number of nitrogens with one attached hydrogen (secondary N) is 7. The van der Waals surface area contributed by atoms with Gasteiger partial charge in [-0.25, -0.2) is 4.79 Å². The first-order chi connectivity index (χ1) is 37.9. The van der Waals surface area contributed by atoms with Crippen LogP contribution in [-0.2, 0) is 53.0 Å². The van der Waals surface area contributed by atoms with Crippen molar-refractivity contribution in [3.8, 4) is 5.75 Å². The molecule has 11 N–H and O–H groups in total. The fourth-order valence-electron chi connectivity index (χ4n) is 9.47. The number of nitrogens with zero attached hydrogens (tertiary/aromatic N) is 1. The number of benzene rings is 4. The molecule has 1 aromatic heterocycles. The number of alkyl carbamates (subject to hydrolysis) is 1. The molecule has 4 aromatic carbocycles. The van der Waals surface area contributed by atoms with Crippen molar-refractivity contribution >= 4 is 52.4 Å². The number of aromatic amines is 1. The SMILES string of the molecule is C=C/C(=C\C=C/C)C[C@@H]1NC(=O)[C@H](Cc2ccc(OCc3ccccc3)cc2)NC(=O)[C@H](CCCCN)NC(=O)[C@@H](Cc2c[nH]c3ccccc23)NC(=O)[C@H](c2ccccc2)NC(=O)[C@@H]2C[C@@H](OC(=O)NCCN)CN2C1=O. The zero-order chi connectivity index (χ0) is 55.4. The average Bonchev–Trinajstić information content (AvgIpc) is 4.13. The summed E-state index contributed by atoms with van der Waals surface area (Å²) in [7, 11) is 0. The first-order valence-corrected chi connectivity index (χ1v) is 26.3. The lowest BCUT2D eigenvalue weighted by Crippen LogP contribution is -2.60. The summed E-state index contributed by atoms with van der Waals surface area (Å²) >= 11 is 0. The summed E-state index contributed by atoms with van der Waals surface area (Å²) in [6.45, 7) is 6.33. The maximum atomic E-state index is 15.3. The van der Waals surface area contributed by atoms with Crippen LogP contribution in [0, 0.1) is 0 Å². The fourth-order valence-corrected chi connectivity index (χ4v) is 9.47. The van der Waals surface area contributed by atoms with Gasteiger partial charge in [-0.05, 0) is 78.8 Å². The van der Waals surface area contributed by atoms with Gasteiger partial charge in [-0.3, -0.25) is 28.8 Å². The van der Waals surface area contributed by atoms with E-state index >= 15 is 9.59 Å². The van der Waals surface area contributed by atoms with E-state index in [9.17, 15) is 24.0 Å². The summed E-state index contributed by atoms with van der Waals surface area (Å²) in [4.78, 5) is 108. The van der Waals surface area contributed by atoms with Crippen LogP contribution < -0.4 is 48.1 Å². The number of rotatable bonds is 19. The fraction of sp³-hybridized carbons (Fsp3) is 0.339. The minimum absolute atomic E-state index is 0.0446. The molecule has 19 heteroatoms. The number of fused-ring (bicyclic) bond motifs is 2. The van der Waals surface area contributed by atoms with Crippen molar-refractivity contribution in [1.29, 1.82) is 0 Å². The van der Waals surface area contributed by atoms with Crippen LogP contribution in [0.4, 0.5) is 4.79 Å². The highest BCUT2D eigenvalue weighted by atomic mass is 16.6. The van der Waals surface area contributed by atoms with Crippen LogP contribution in [0.2, 0.25) is 0 Å². The summed E-state index contributed by atoms with van der Waals surface area (Å²) in [6.07, 6.45) is 7.27. The molecule has 0 aliphatic carbocycles. The van der Waals surface area contributed by atoms with Crippen molar-refractivity contribution < 1.29 is 43.0 Å². The zero-order valence-corrected chi connectivity index (χ0v) is 43.8. The third-order valence-electron chi connectivity index (χ3n) is 13.6. The van der Waals surface area contributed by atoms with Gasteiger partial charge in [0.1, 0.15) is 54.7 Å². The molecule has 410 valence electrons. The quantitative estimate of drug-likeness (QED) is 0.0418. The molecule has 0 saturated carbocycles. The maximum Gasteiger partial charge on any atom is 0.407 e. The molecule has 7 atom stereocenters. The van der Waals surface area contributed by atoms with Crippen LogP contribution in [-0.4, -0.2) is 114 Å². The number of carbonyl (C=O) groups excluding carboxylic acids is 7. The molecule has 3 heterocycles. The Morgan fingerprint density at radius 3 is 2.08 bits per heavy atom. The number of para-hydroxylation sites is 1. The molecule has 19 nitrogen and oxygen atoms in total. The summed E-state index contributed by atoms with van der Waals surface area (Å²) in [5, 5.41) is 17.8. The Morgan fingerprint density at radius 2 is 1.37 bits per heavy atom. The van der Waals surface area contributed by atoms with Crippen molar-refractivity contribution in [3.05, 3.63) is 174 Å². The van der Waals surface area contributed by atoms with Gasteiger partial charge in [-0.15, -0.1) is 0 Å². The second-order valence-corrected chi connectivity index (χ2v) is 19.2. The third-order valence-corrected chi connectivity index (χ3v) is 13.6. The second-order valence-electron chi connectivity index (χ2n) is 19.2. The lowest BCUT2D eigenvalue weighted by atomic mass is 9.99. The van der Waals surface area contributed by atoms with Crippen LogP contribution in [0.25, 0.3) is 10.9 Å². The highest BCUT2D eigenvalue weighted by Crippen LogP contribution is 2.27. The summed E-state index contributed by atoms with van der Waals surface area (Å²) < 4.78 is 11.8. The first kappa shape index (κ1) is 57.2. The van der Waals surface area contributed by atoms with Gasteiger partial charge < -0.3 is 62.7 Å². The maximum absolute atomic E-state index is 15.3. The van der Waals surface area contributed by atoms with Crippen molar-refractivity contribution in [2.24, 2.45) is 11.5 Å². The molecule has 2 aliphatic heterocycles. The Balaban J connectivity index is 1.32. The van der Waals surface area contributed by atoms with Crippen molar-refractivity contribution in [1.82, 2.24) is 41.8 Å². The van der Waals surface area contributed by atoms with Crippen molar-refractivity contribution in [3.63, 3.8) is 0 Å². The zero-order valence-electron chi connectivity index (χ0n) is 43.8. The number of nitrogens with two attached hydrogens (primary N) is 2. The van der Waals surface area contributed by atoms with E-state index in [0.717, 1.165) is 16.5 Å². The molecule has 7 rings (SSSR count). The van der Waals surface area contributed by atoms with Gasteiger partial charge >= 0.3 is 6.09 Å². The van der Waals surface area contributed by atoms with Crippen molar-refractivity contribution in [2.75, 3.05) is 26.2 Å². The monoisotopic (exact) mass is 1060 g/mol. The van der Waals surface area contributed by atoms with Crippen LogP contribution in [0.15, 0.2) is 152 Å². The number of carbonyl (C=O) groups is 7. The van der Waals surface area contributed by atoms with E-state index in [-0.39, 0.29) is 51.7 Å². The van der Waals surface area contributed by atoms with E-state index in [0.29, 0.717) is 54.0 Å². The molecule has 0 unspecified atom stereocenters. The molecular weight excluding hydrogens is 993 g/mol. The van der Waals surface area contributed by atoms with Crippen LogP contribution >= 0.6 is 0 Å². The number of amides is 7. The van der Waals surface area contributed by atoms with Gasteiger partial charge in [0.2, 0.25) is 35.4 Å². The largest absolute Gasteiger partial charge is 0.489 e. The standard InChI is InChI=1S/C59H70N10O9/c1-3-5-16-38(4-2)31-50-58(75)69-36-44(78-59(76)62-30-29-61)34-51(69)56(73)68-52(41-19-10-7-11-20-41)57(74)66-49(33-42-35-63-46-22-13-12-21-45(42)46)55(72)64-47(23-14-15-28-60)53(70)65-48(54(71)67-50)32-39-24-26-43(27-25-39)77-37-40-17-8-6-9-18-40/h3-13,16-22,24-27,35,44,47-52,63H,2,14-15,23,28-34,36-37,60-61H2,1H3,(H,62,76)(H,64,72)(H,65,70)(H,66,74)(H,67,71)(H,68,73)/b5-3-,38-16+/t44-,47+,48+,49-,50+,51+,52+/m1/s1. The summed E-state index contributed by atoms with van der Waals surface area (Å²) in [6, 6.07) is 24.4. The first-order valence-electron chi connectivity index (χ1n) is 26.3. The summed E-state index contributed by atoms with van der Waals surface area (Å²) in [5.41, 5.74) is 15.5. The highest BCUT2D eigenvalue weighted by molar-refractivity contribution is 5.99. The molecule has 0 radical (unpaired) electrons. The molecule has 2 fully saturated rings. The van der Waals surface area contributed by atoms with Gasteiger partial charge in [0, 0.05) is 55.9 Å². The Kier molecular flexibility index (Phi) is 20.9. The molecule has 5 aromatic rings. The molecule has 78 heavy (non-hydrogen) atoms. The normalized spacial score (nSPS) is 21.8. The highest BCUT2D eigenvalue weighted by Gasteiger charge is 2.45. The summed E-state index contributed by atoms with van der Waals surface area (Å²) in [5.74, 6) is -3.87. The average molecular weight is 1060 g/mol. The lowest BCUT2D eigenvalue weighted by molar-refractivity contribution is -0.143. The van der Waals surface area contributed by atoms with Crippen LogP contribution in [0.1, 0.15) is 67.3 Å². The predicted molar refractivity (Wildman–Crippen MR) is 296 cm³/mol. The number of ether oxygens (including phenoxy) is 2. The van der Waals surface area contributed by atoms with Gasteiger partial charge in [0.25, 0.3) is 0 Å². The number of hydrogen-bond donors (Lipinski definition) is 9. The molecule has 7 amide bonds. The van der Waals surface area contributed by atoms with Gasteiger partial charge in [0.15, 0.2) is 0 Å². The Labute approximate surface area is 454 Å². The predicted octanol–water partition coefficient (Wildman–Crippen LogP) is 4.20.